The smallest absolute Gasteiger partial charge is 0.125 e. The van der Waals surface area contributed by atoms with Gasteiger partial charge in [0.1, 0.15) is 5.82 Å². The molecule has 94 valence electrons. The molecular formula is C15H16FNS. The van der Waals surface area contributed by atoms with Gasteiger partial charge in [0, 0.05) is 23.2 Å². The molecule has 0 bridgehead atoms. The van der Waals surface area contributed by atoms with Gasteiger partial charge in [-0.05, 0) is 41.6 Å². The highest BCUT2D eigenvalue weighted by Gasteiger charge is 2.06. The van der Waals surface area contributed by atoms with Crippen molar-refractivity contribution in [3.8, 4) is 0 Å². The number of aryl methyl sites for hydroxylation is 1. The van der Waals surface area contributed by atoms with E-state index in [0.29, 0.717) is 0 Å². The molecule has 18 heavy (non-hydrogen) atoms. The van der Waals surface area contributed by atoms with Crippen LogP contribution >= 0.6 is 11.3 Å². The van der Waals surface area contributed by atoms with E-state index in [1.165, 1.54) is 10.9 Å². The van der Waals surface area contributed by atoms with E-state index in [1.54, 1.807) is 17.4 Å². The van der Waals surface area contributed by atoms with E-state index in [1.807, 2.05) is 25.4 Å². The molecular weight excluding hydrogens is 245 g/mol. The second-order valence-electron chi connectivity index (χ2n) is 3.98. The van der Waals surface area contributed by atoms with Gasteiger partial charge in [-0.15, -0.1) is 11.3 Å². The first-order chi connectivity index (χ1) is 8.74. The minimum atomic E-state index is -0.190. The van der Waals surface area contributed by atoms with Crippen LogP contribution in [0.4, 0.5) is 10.1 Å². The minimum Gasteiger partial charge on any atom is -0.388 e. The summed E-state index contributed by atoms with van der Waals surface area (Å²) in [6.45, 7) is 2.04. The summed E-state index contributed by atoms with van der Waals surface area (Å²) in [4.78, 5) is 1.20. The Balaban J connectivity index is 2.42. The first-order valence-electron chi connectivity index (χ1n) is 5.96. The summed E-state index contributed by atoms with van der Waals surface area (Å²) < 4.78 is 13.4. The SMILES string of the molecule is CCc1cc(F)cc(NC)c1/C=C/c1cccs1. The number of hydrogen-bond donors (Lipinski definition) is 1. The van der Waals surface area contributed by atoms with Crippen molar-refractivity contribution in [2.24, 2.45) is 0 Å². The molecule has 1 aromatic carbocycles. The Morgan fingerprint density at radius 1 is 1.33 bits per heavy atom. The molecule has 0 spiro atoms. The summed E-state index contributed by atoms with van der Waals surface area (Å²) >= 11 is 1.69. The number of rotatable bonds is 4. The molecule has 1 aromatic heterocycles. The standard InChI is InChI=1S/C15H16FNS/c1-3-11-9-12(16)10-15(17-2)14(11)7-6-13-5-4-8-18-13/h4-10,17H,3H2,1-2H3/b7-6+. The average molecular weight is 261 g/mol. The molecule has 1 heterocycles. The van der Waals surface area contributed by atoms with Crippen LogP contribution in [0.5, 0.6) is 0 Å². The number of hydrogen-bond acceptors (Lipinski definition) is 2. The van der Waals surface area contributed by atoms with E-state index in [0.717, 1.165) is 23.2 Å². The van der Waals surface area contributed by atoms with Crippen LogP contribution in [0.3, 0.4) is 0 Å². The second-order valence-corrected chi connectivity index (χ2v) is 4.96. The van der Waals surface area contributed by atoms with Crippen LogP contribution in [0.25, 0.3) is 12.2 Å². The van der Waals surface area contributed by atoms with Crippen molar-refractivity contribution < 1.29 is 4.39 Å². The zero-order valence-electron chi connectivity index (χ0n) is 10.5. The van der Waals surface area contributed by atoms with Crippen LogP contribution in [0.2, 0.25) is 0 Å². The number of halogens is 1. The zero-order chi connectivity index (χ0) is 13.0. The van der Waals surface area contributed by atoms with Gasteiger partial charge in [0.05, 0.1) is 0 Å². The van der Waals surface area contributed by atoms with Crippen LogP contribution in [-0.4, -0.2) is 7.05 Å². The maximum Gasteiger partial charge on any atom is 0.125 e. The van der Waals surface area contributed by atoms with Crippen LogP contribution < -0.4 is 5.32 Å². The Morgan fingerprint density at radius 2 is 2.17 bits per heavy atom. The fourth-order valence-electron chi connectivity index (χ4n) is 1.92. The van der Waals surface area contributed by atoms with Gasteiger partial charge in [0.25, 0.3) is 0 Å². The molecule has 0 aliphatic rings. The van der Waals surface area contributed by atoms with Crippen molar-refractivity contribution >= 4 is 29.2 Å². The summed E-state index contributed by atoms with van der Waals surface area (Å²) in [6.07, 6.45) is 4.93. The number of thiophene rings is 1. The Morgan fingerprint density at radius 3 is 2.78 bits per heavy atom. The van der Waals surface area contributed by atoms with Crippen molar-refractivity contribution in [3.05, 3.63) is 51.5 Å². The first kappa shape index (κ1) is 12.8. The molecule has 0 saturated heterocycles. The maximum absolute atomic E-state index is 13.4. The van der Waals surface area contributed by atoms with E-state index in [2.05, 4.69) is 23.5 Å². The number of nitrogens with one attached hydrogen (secondary N) is 1. The third kappa shape index (κ3) is 2.79. The molecule has 0 atom stereocenters. The van der Waals surface area contributed by atoms with Crippen molar-refractivity contribution in [1.29, 1.82) is 0 Å². The molecule has 0 aliphatic carbocycles. The van der Waals surface area contributed by atoms with E-state index in [4.69, 9.17) is 0 Å². The molecule has 0 amide bonds. The van der Waals surface area contributed by atoms with E-state index < -0.39 is 0 Å². The van der Waals surface area contributed by atoms with Crippen molar-refractivity contribution in [2.45, 2.75) is 13.3 Å². The summed E-state index contributed by atoms with van der Waals surface area (Å²) in [7, 11) is 1.82. The average Bonchev–Trinajstić information content (AvgIpc) is 2.89. The first-order valence-corrected chi connectivity index (χ1v) is 6.84. The molecule has 1 nitrogen and oxygen atoms in total. The Labute approximate surface area is 111 Å². The van der Waals surface area contributed by atoms with Gasteiger partial charge in [0.15, 0.2) is 0 Å². The Bertz CT molecular complexity index is 519. The summed E-state index contributed by atoms with van der Waals surface area (Å²) in [5.74, 6) is -0.190. The molecule has 0 radical (unpaired) electrons. The largest absolute Gasteiger partial charge is 0.388 e. The van der Waals surface area contributed by atoms with Crippen molar-refractivity contribution in [3.63, 3.8) is 0 Å². The normalized spacial score (nSPS) is 11.1. The molecule has 1 N–H and O–H groups in total. The van der Waals surface area contributed by atoms with Crippen LogP contribution in [-0.2, 0) is 6.42 Å². The Kier molecular flexibility index (Phi) is 4.15. The quantitative estimate of drug-likeness (QED) is 0.844. The van der Waals surface area contributed by atoms with Gasteiger partial charge in [-0.1, -0.05) is 19.1 Å². The van der Waals surface area contributed by atoms with E-state index in [-0.39, 0.29) is 5.82 Å². The molecule has 0 aliphatic heterocycles. The molecule has 0 unspecified atom stereocenters. The summed E-state index contributed by atoms with van der Waals surface area (Å²) in [6, 6.07) is 7.23. The predicted molar refractivity (Wildman–Crippen MR) is 78.6 cm³/mol. The topological polar surface area (TPSA) is 12.0 Å². The fraction of sp³-hybridized carbons (Fsp3) is 0.200. The van der Waals surface area contributed by atoms with Crippen LogP contribution in [0.1, 0.15) is 22.9 Å². The second kappa shape index (κ2) is 5.83. The zero-order valence-corrected chi connectivity index (χ0v) is 11.4. The molecule has 2 rings (SSSR count). The van der Waals surface area contributed by atoms with Crippen molar-refractivity contribution in [1.82, 2.24) is 0 Å². The third-order valence-corrected chi connectivity index (χ3v) is 3.68. The van der Waals surface area contributed by atoms with Gasteiger partial charge in [-0.25, -0.2) is 4.39 Å². The maximum atomic E-state index is 13.4. The van der Waals surface area contributed by atoms with Gasteiger partial charge in [0.2, 0.25) is 0 Å². The molecule has 2 aromatic rings. The van der Waals surface area contributed by atoms with Gasteiger partial charge >= 0.3 is 0 Å². The molecule has 0 fully saturated rings. The lowest BCUT2D eigenvalue weighted by molar-refractivity contribution is 0.626. The Hall–Kier alpha value is -1.61. The summed E-state index contributed by atoms with van der Waals surface area (Å²) in [5.41, 5.74) is 2.92. The van der Waals surface area contributed by atoms with Gasteiger partial charge < -0.3 is 5.32 Å². The fourth-order valence-corrected chi connectivity index (χ4v) is 2.54. The lowest BCUT2D eigenvalue weighted by Crippen LogP contribution is -1.97. The third-order valence-electron chi connectivity index (χ3n) is 2.84. The van der Waals surface area contributed by atoms with Gasteiger partial charge in [-0.3, -0.25) is 0 Å². The predicted octanol–water partition coefficient (Wildman–Crippen LogP) is 4.66. The van der Waals surface area contributed by atoms with E-state index >= 15 is 0 Å². The lowest BCUT2D eigenvalue weighted by Gasteiger charge is -2.10. The highest BCUT2D eigenvalue weighted by atomic mass is 32.1. The highest BCUT2D eigenvalue weighted by molar-refractivity contribution is 7.10. The monoisotopic (exact) mass is 261 g/mol. The lowest BCUT2D eigenvalue weighted by atomic mass is 10.0. The minimum absolute atomic E-state index is 0.190. The highest BCUT2D eigenvalue weighted by Crippen LogP contribution is 2.25. The molecule has 3 heteroatoms. The van der Waals surface area contributed by atoms with Crippen LogP contribution in [0.15, 0.2) is 29.6 Å². The van der Waals surface area contributed by atoms with Gasteiger partial charge in [-0.2, -0.15) is 0 Å². The van der Waals surface area contributed by atoms with E-state index in [9.17, 15) is 4.39 Å². The van der Waals surface area contributed by atoms with Crippen molar-refractivity contribution in [2.75, 3.05) is 12.4 Å². The number of benzene rings is 1. The van der Waals surface area contributed by atoms with Crippen LogP contribution in [0, 0.1) is 5.82 Å². The molecule has 0 saturated carbocycles. The summed E-state index contributed by atoms with van der Waals surface area (Å²) in [5, 5.41) is 5.10. The number of anilines is 1.